The Hall–Kier alpha value is -2.87. The number of hydrogen-bond acceptors (Lipinski definition) is 2. The normalized spacial score (nSPS) is 20.4. The fourth-order valence-electron chi connectivity index (χ4n) is 4.32. The van der Waals surface area contributed by atoms with Crippen LogP contribution in [-0.2, 0) is 12.8 Å². The first-order valence-corrected chi connectivity index (χ1v) is 9.07. The van der Waals surface area contributed by atoms with E-state index >= 15 is 0 Å². The zero-order chi connectivity index (χ0) is 18.0. The Morgan fingerprint density at radius 2 is 1.81 bits per heavy atom. The molecule has 2 aromatic carbocycles. The van der Waals surface area contributed by atoms with E-state index in [9.17, 15) is 4.79 Å². The van der Waals surface area contributed by atoms with Gasteiger partial charge >= 0.3 is 0 Å². The fourth-order valence-corrected chi connectivity index (χ4v) is 4.32. The van der Waals surface area contributed by atoms with Crippen LogP contribution >= 0.6 is 0 Å². The van der Waals surface area contributed by atoms with Gasteiger partial charge < -0.3 is 4.42 Å². The molecule has 130 valence electrons. The second-order valence-electron chi connectivity index (χ2n) is 7.03. The first-order chi connectivity index (χ1) is 12.7. The van der Waals surface area contributed by atoms with Crippen LogP contribution in [0.25, 0.3) is 0 Å². The summed E-state index contributed by atoms with van der Waals surface area (Å²) in [5.41, 5.74) is 2.57. The summed E-state index contributed by atoms with van der Waals surface area (Å²) in [7, 11) is 0. The van der Waals surface area contributed by atoms with Gasteiger partial charge in [-0.25, -0.2) is 0 Å². The lowest BCUT2D eigenvalue weighted by molar-refractivity contribution is 0.0710. The van der Waals surface area contributed by atoms with Crippen molar-refractivity contribution in [1.29, 1.82) is 0 Å². The Balaban J connectivity index is 1.85. The third-order valence-electron chi connectivity index (χ3n) is 5.60. The van der Waals surface area contributed by atoms with Crippen molar-refractivity contribution in [3.63, 3.8) is 0 Å². The first-order valence-electron chi connectivity index (χ1n) is 9.07. The lowest BCUT2D eigenvalue weighted by Crippen LogP contribution is -2.42. The second-order valence-corrected chi connectivity index (χ2v) is 7.03. The summed E-state index contributed by atoms with van der Waals surface area (Å²) in [5.74, 6) is 0.853. The minimum absolute atomic E-state index is 0.154. The molecule has 4 rings (SSSR count). The average Bonchev–Trinajstić information content (AvgIpc) is 3.20. The fraction of sp³-hybridized carbons (Fsp3) is 0.208. The molecule has 2 heteroatoms. The quantitative estimate of drug-likeness (QED) is 0.564. The van der Waals surface area contributed by atoms with Gasteiger partial charge in [0.05, 0.1) is 11.7 Å². The first kappa shape index (κ1) is 16.6. The number of ketones is 1. The Bertz CT molecular complexity index is 908. The number of rotatable bonds is 5. The molecule has 26 heavy (non-hydrogen) atoms. The SMILES string of the molecule is C=C[C@H](c1ccco1)[C@]1(Cc2ccccc2)CCc2ccccc2C1=O. The van der Waals surface area contributed by atoms with E-state index in [-0.39, 0.29) is 11.7 Å². The van der Waals surface area contributed by atoms with Crippen LogP contribution in [0.15, 0.2) is 90.1 Å². The van der Waals surface area contributed by atoms with E-state index < -0.39 is 5.41 Å². The van der Waals surface area contributed by atoms with E-state index in [4.69, 9.17) is 4.42 Å². The highest BCUT2D eigenvalue weighted by Crippen LogP contribution is 2.49. The lowest BCUT2D eigenvalue weighted by atomic mass is 9.60. The topological polar surface area (TPSA) is 30.2 Å². The predicted octanol–water partition coefficient (Wildman–Crippen LogP) is 5.61. The summed E-state index contributed by atoms with van der Waals surface area (Å²) in [6.45, 7) is 4.06. The third-order valence-corrected chi connectivity index (χ3v) is 5.60. The van der Waals surface area contributed by atoms with E-state index in [1.54, 1.807) is 6.26 Å². The van der Waals surface area contributed by atoms with Gasteiger partial charge in [-0.15, -0.1) is 6.58 Å². The van der Waals surface area contributed by atoms with Crippen molar-refractivity contribution in [3.8, 4) is 0 Å². The van der Waals surface area contributed by atoms with E-state index in [0.29, 0.717) is 6.42 Å². The molecular weight excluding hydrogens is 320 g/mol. The molecule has 0 aliphatic heterocycles. The molecule has 1 aromatic heterocycles. The van der Waals surface area contributed by atoms with Gasteiger partial charge in [0.25, 0.3) is 0 Å². The third kappa shape index (κ3) is 2.72. The van der Waals surface area contributed by atoms with E-state index in [1.165, 1.54) is 5.56 Å². The second kappa shape index (κ2) is 6.80. The minimum Gasteiger partial charge on any atom is -0.469 e. The highest BCUT2D eigenvalue weighted by Gasteiger charge is 2.48. The number of fused-ring (bicyclic) bond motifs is 1. The summed E-state index contributed by atoms with van der Waals surface area (Å²) in [4.78, 5) is 13.7. The molecule has 0 amide bonds. The number of carbonyl (C=O) groups excluding carboxylic acids is 1. The van der Waals surface area contributed by atoms with Crippen LogP contribution in [0, 0.1) is 5.41 Å². The molecule has 2 nitrogen and oxygen atoms in total. The van der Waals surface area contributed by atoms with Crippen molar-refractivity contribution in [2.75, 3.05) is 0 Å². The van der Waals surface area contributed by atoms with Crippen LogP contribution in [0.1, 0.15) is 39.6 Å². The summed E-state index contributed by atoms with van der Waals surface area (Å²) in [6, 6.07) is 22.1. The minimum atomic E-state index is -0.574. The van der Waals surface area contributed by atoms with Crippen molar-refractivity contribution < 1.29 is 9.21 Å². The maximum Gasteiger partial charge on any atom is 0.170 e. The molecular formula is C24H22O2. The average molecular weight is 342 g/mol. The van der Waals surface area contributed by atoms with Gasteiger partial charge in [0.1, 0.15) is 5.76 Å². The van der Waals surface area contributed by atoms with Crippen molar-refractivity contribution in [2.45, 2.75) is 25.2 Å². The summed E-state index contributed by atoms with van der Waals surface area (Å²) < 4.78 is 5.72. The molecule has 0 N–H and O–H groups in total. The number of benzene rings is 2. The van der Waals surface area contributed by atoms with E-state index in [2.05, 4.69) is 24.8 Å². The molecule has 1 aliphatic rings. The van der Waals surface area contributed by atoms with Gasteiger partial charge in [-0.1, -0.05) is 60.7 Å². The zero-order valence-corrected chi connectivity index (χ0v) is 14.7. The highest BCUT2D eigenvalue weighted by molar-refractivity contribution is 6.03. The number of carbonyl (C=O) groups is 1. The van der Waals surface area contributed by atoms with Gasteiger partial charge in [0, 0.05) is 11.5 Å². The number of allylic oxidation sites excluding steroid dienone is 1. The largest absolute Gasteiger partial charge is 0.469 e. The van der Waals surface area contributed by atoms with Crippen molar-refractivity contribution >= 4 is 5.78 Å². The maximum absolute atomic E-state index is 13.7. The Labute approximate surface area is 154 Å². The van der Waals surface area contributed by atoms with Crippen LogP contribution in [-0.4, -0.2) is 5.78 Å². The summed E-state index contributed by atoms with van der Waals surface area (Å²) in [5, 5.41) is 0. The van der Waals surface area contributed by atoms with Gasteiger partial charge in [-0.05, 0) is 42.5 Å². The molecule has 0 saturated carbocycles. The standard InChI is InChI=1S/C24H22O2/c1-2-21(22-13-8-16-26-22)24(17-18-9-4-3-5-10-18)15-14-19-11-6-7-12-20(19)23(24)25/h2-13,16,21H,1,14-15,17H2/t21-,24-/m1/s1. The number of hydrogen-bond donors (Lipinski definition) is 0. The van der Waals surface area contributed by atoms with Crippen LogP contribution in [0.4, 0.5) is 0 Å². The van der Waals surface area contributed by atoms with E-state index in [0.717, 1.165) is 29.7 Å². The molecule has 0 bridgehead atoms. The molecule has 1 aliphatic carbocycles. The molecule has 0 radical (unpaired) electrons. The number of Topliss-reactive ketones (excluding diaryl/α,β-unsaturated/α-hetero) is 1. The van der Waals surface area contributed by atoms with Crippen LogP contribution < -0.4 is 0 Å². The molecule has 1 heterocycles. The van der Waals surface area contributed by atoms with Crippen molar-refractivity contribution in [1.82, 2.24) is 0 Å². The van der Waals surface area contributed by atoms with Crippen LogP contribution in [0.3, 0.4) is 0 Å². The van der Waals surface area contributed by atoms with Gasteiger partial charge in [-0.2, -0.15) is 0 Å². The molecule has 3 aromatic rings. The molecule has 0 spiro atoms. The van der Waals surface area contributed by atoms with E-state index in [1.807, 2.05) is 54.6 Å². The number of furan rings is 1. The molecule has 0 unspecified atom stereocenters. The highest BCUT2D eigenvalue weighted by atomic mass is 16.3. The van der Waals surface area contributed by atoms with Crippen molar-refractivity contribution in [2.24, 2.45) is 5.41 Å². The Kier molecular flexibility index (Phi) is 4.34. The van der Waals surface area contributed by atoms with Crippen LogP contribution in [0.2, 0.25) is 0 Å². The maximum atomic E-state index is 13.7. The summed E-state index contributed by atoms with van der Waals surface area (Å²) >= 11 is 0. The molecule has 0 saturated heterocycles. The van der Waals surface area contributed by atoms with Gasteiger partial charge in [-0.3, -0.25) is 4.79 Å². The van der Waals surface area contributed by atoms with Gasteiger partial charge in [0.15, 0.2) is 5.78 Å². The molecule has 0 fully saturated rings. The van der Waals surface area contributed by atoms with Gasteiger partial charge in [0.2, 0.25) is 0 Å². The smallest absolute Gasteiger partial charge is 0.170 e. The predicted molar refractivity (Wildman–Crippen MR) is 103 cm³/mol. The van der Waals surface area contributed by atoms with Crippen LogP contribution in [0.5, 0.6) is 0 Å². The lowest BCUT2D eigenvalue weighted by Gasteiger charge is -2.41. The summed E-state index contributed by atoms with van der Waals surface area (Å²) in [6.07, 6.45) is 5.91. The zero-order valence-electron chi connectivity index (χ0n) is 14.7. The molecule has 2 atom stereocenters. The Morgan fingerprint density at radius 1 is 1.04 bits per heavy atom. The Morgan fingerprint density at radius 3 is 2.54 bits per heavy atom. The van der Waals surface area contributed by atoms with Crippen molar-refractivity contribution in [3.05, 3.63) is 108 Å². The monoisotopic (exact) mass is 342 g/mol. The number of aryl methyl sites for hydroxylation is 1.